The van der Waals surface area contributed by atoms with E-state index in [4.69, 9.17) is 4.42 Å². The second-order valence-electron chi connectivity index (χ2n) is 7.64. The van der Waals surface area contributed by atoms with Crippen LogP contribution in [-0.4, -0.2) is 29.9 Å². The van der Waals surface area contributed by atoms with Crippen molar-refractivity contribution in [2.75, 3.05) is 13.2 Å². The number of aliphatic hydroxyl groups is 1. The lowest BCUT2D eigenvalue weighted by molar-refractivity contribution is 0.0881. The highest BCUT2D eigenvalue weighted by Gasteiger charge is 2.43. The van der Waals surface area contributed by atoms with Crippen LogP contribution in [0.15, 0.2) is 4.42 Å². The molecule has 2 aliphatic carbocycles. The van der Waals surface area contributed by atoms with Gasteiger partial charge in [0.1, 0.15) is 5.76 Å². The molecule has 0 bridgehead atoms. The molecule has 1 aromatic rings. The summed E-state index contributed by atoms with van der Waals surface area (Å²) < 4.78 is 5.73. The number of hydrogen-bond acceptors (Lipinski definition) is 4. The molecule has 22 heavy (non-hydrogen) atoms. The smallest absolute Gasteiger partial charge is 0.287 e. The van der Waals surface area contributed by atoms with E-state index in [0.29, 0.717) is 36.3 Å². The highest BCUT2D eigenvalue weighted by molar-refractivity contribution is 6.03. The number of Topliss-reactive ketones (excluding diaryl/α,β-unsaturated/α-hetero) is 1. The summed E-state index contributed by atoms with van der Waals surface area (Å²) in [5.41, 5.74) is 0.958. The number of nitrogens with one attached hydrogen (secondary N) is 1. The zero-order valence-electron chi connectivity index (χ0n) is 13.4. The van der Waals surface area contributed by atoms with Crippen molar-refractivity contribution in [3.8, 4) is 0 Å². The minimum atomic E-state index is -0.294. The first kappa shape index (κ1) is 15.3. The first-order chi connectivity index (χ1) is 10.3. The summed E-state index contributed by atoms with van der Waals surface area (Å²) in [6.07, 6.45) is 3.02. The normalized spacial score (nSPS) is 21.4. The summed E-state index contributed by atoms with van der Waals surface area (Å²) in [5, 5.41) is 12.1. The minimum Gasteiger partial charge on any atom is -0.455 e. The molecule has 120 valence electrons. The maximum absolute atomic E-state index is 12.3. The summed E-state index contributed by atoms with van der Waals surface area (Å²) in [7, 11) is 0. The number of furan rings is 1. The Morgan fingerprint density at radius 2 is 2.00 bits per heavy atom. The highest BCUT2D eigenvalue weighted by atomic mass is 16.4. The number of amides is 1. The zero-order valence-corrected chi connectivity index (χ0v) is 13.4. The van der Waals surface area contributed by atoms with Crippen molar-refractivity contribution < 1.29 is 19.1 Å². The van der Waals surface area contributed by atoms with Crippen molar-refractivity contribution in [3.63, 3.8) is 0 Å². The maximum Gasteiger partial charge on any atom is 0.287 e. The van der Waals surface area contributed by atoms with Gasteiger partial charge in [0.2, 0.25) is 0 Å². The van der Waals surface area contributed by atoms with E-state index < -0.39 is 0 Å². The quantitative estimate of drug-likeness (QED) is 0.894. The first-order valence-electron chi connectivity index (χ1n) is 7.81. The van der Waals surface area contributed by atoms with Gasteiger partial charge < -0.3 is 14.8 Å². The number of aliphatic hydroxyl groups excluding tert-OH is 1. The Bertz CT molecular complexity index is 637. The van der Waals surface area contributed by atoms with E-state index in [1.54, 1.807) is 6.92 Å². The lowest BCUT2D eigenvalue weighted by Crippen LogP contribution is -2.32. The molecule has 1 amide bonds. The van der Waals surface area contributed by atoms with E-state index >= 15 is 0 Å². The second kappa shape index (κ2) is 4.95. The molecule has 3 rings (SSSR count). The van der Waals surface area contributed by atoms with Crippen LogP contribution in [0.25, 0.3) is 0 Å². The second-order valence-corrected chi connectivity index (χ2v) is 7.64. The minimum absolute atomic E-state index is 0.0561. The van der Waals surface area contributed by atoms with Gasteiger partial charge in [-0.25, -0.2) is 0 Å². The third-order valence-electron chi connectivity index (χ3n) is 4.90. The molecule has 0 atom stereocenters. The summed E-state index contributed by atoms with van der Waals surface area (Å²) >= 11 is 0. The SMILES string of the molecule is Cc1c(C(=O)NCC2(CO)CC2)oc2c1C(=O)CC(C)(C)C2. The fourth-order valence-electron chi connectivity index (χ4n) is 3.21. The van der Waals surface area contributed by atoms with E-state index in [1.165, 1.54) is 0 Å². The standard InChI is InChI=1S/C17H23NO4/c1-10-13-11(20)6-16(2,3)7-12(13)22-14(10)15(21)18-8-17(9-19)4-5-17/h19H,4-9H2,1-3H3,(H,18,21). The van der Waals surface area contributed by atoms with Gasteiger partial charge in [-0.05, 0) is 25.2 Å². The summed E-state index contributed by atoms with van der Waals surface area (Å²) in [6.45, 7) is 6.37. The van der Waals surface area contributed by atoms with Gasteiger partial charge in [-0.3, -0.25) is 9.59 Å². The van der Waals surface area contributed by atoms with Gasteiger partial charge in [0.15, 0.2) is 11.5 Å². The van der Waals surface area contributed by atoms with Crippen molar-refractivity contribution in [1.29, 1.82) is 0 Å². The summed E-state index contributed by atoms with van der Waals surface area (Å²) in [4.78, 5) is 24.7. The van der Waals surface area contributed by atoms with E-state index in [-0.39, 0.29) is 34.9 Å². The molecule has 1 saturated carbocycles. The maximum atomic E-state index is 12.3. The molecule has 2 N–H and O–H groups in total. The van der Waals surface area contributed by atoms with E-state index in [9.17, 15) is 14.7 Å². The molecule has 0 radical (unpaired) electrons. The average Bonchev–Trinajstić information content (AvgIpc) is 3.13. The Hall–Kier alpha value is -1.62. The van der Waals surface area contributed by atoms with E-state index in [2.05, 4.69) is 5.32 Å². The fraction of sp³-hybridized carbons (Fsp3) is 0.647. The molecule has 2 aliphatic rings. The lowest BCUT2D eigenvalue weighted by atomic mass is 9.76. The Labute approximate surface area is 130 Å². The predicted molar refractivity (Wildman–Crippen MR) is 81.0 cm³/mol. The highest BCUT2D eigenvalue weighted by Crippen LogP contribution is 2.44. The topological polar surface area (TPSA) is 79.5 Å². The Kier molecular flexibility index (Phi) is 3.44. The van der Waals surface area contributed by atoms with Gasteiger partial charge in [0, 0.05) is 30.4 Å². The average molecular weight is 305 g/mol. The Balaban J connectivity index is 1.81. The molecule has 0 saturated heterocycles. The Morgan fingerprint density at radius 3 is 2.59 bits per heavy atom. The van der Waals surface area contributed by atoms with Gasteiger partial charge in [-0.1, -0.05) is 13.8 Å². The van der Waals surface area contributed by atoms with Crippen LogP contribution in [0.1, 0.15) is 65.3 Å². The number of carbonyl (C=O) groups is 2. The third-order valence-corrected chi connectivity index (χ3v) is 4.90. The third kappa shape index (κ3) is 2.58. The molecule has 0 aromatic carbocycles. The molecule has 0 spiro atoms. The van der Waals surface area contributed by atoms with Crippen molar-refractivity contribution in [1.82, 2.24) is 5.32 Å². The van der Waals surface area contributed by atoms with Crippen molar-refractivity contribution in [2.24, 2.45) is 10.8 Å². The van der Waals surface area contributed by atoms with E-state index in [0.717, 1.165) is 12.8 Å². The fourth-order valence-corrected chi connectivity index (χ4v) is 3.21. The monoisotopic (exact) mass is 305 g/mol. The molecule has 0 unspecified atom stereocenters. The number of hydrogen-bond donors (Lipinski definition) is 2. The van der Waals surface area contributed by atoms with Gasteiger partial charge in [-0.15, -0.1) is 0 Å². The lowest BCUT2D eigenvalue weighted by Gasteiger charge is -2.27. The van der Waals surface area contributed by atoms with Gasteiger partial charge in [0.05, 0.1) is 12.2 Å². The molecular formula is C17H23NO4. The van der Waals surface area contributed by atoms with Crippen molar-refractivity contribution in [3.05, 3.63) is 22.6 Å². The summed E-state index contributed by atoms with van der Waals surface area (Å²) in [6, 6.07) is 0. The zero-order chi connectivity index (χ0) is 16.1. The number of carbonyl (C=O) groups excluding carboxylic acids is 2. The van der Waals surface area contributed by atoms with Crippen LogP contribution in [0.3, 0.4) is 0 Å². The number of fused-ring (bicyclic) bond motifs is 1. The van der Waals surface area contributed by atoms with Gasteiger partial charge in [-0.2, -0.15) is 0 Å². The van der Waals surface area contributed by atoms with Gasteiger partial charge >= 0.3 is 0 Å². The van der Waals surface area contributed by atoms with Crippen LogP contribution in [0.2, 0.25) is 0 Å². The largest absolute Gasteiger partial charge is 0.455 e. The van der Waals surface area contributed by atoms with Crippen LogP contribution in [0, 0.1) is 17.8 Å². The van der Waals surface area contributed by atoms with Crippen LogP contribution >= 0.6 is 0 Å². The van der Waals surface area contributed by atoms with Crippen molar-refractivity contribution >= 4 is 11.7 Å². The molecule has 5 nitrogen and oxygen atoms in total. The number of ketones is 1. The molecule has 1 heterocycles. The molecular weight excluding hydrogens is 282 g/mol. The van der Waals surface area contributed by atoms with Crippen LogP contribution in [-0.2, 0) is 6.42 Å². The molecule has 1 aromatic heterocycles. The molecule has 1 fully saturated rings. The van der Waals surface area contributed by atoms with Crippen LogP contribution < -0.4 is 5.32 Å². The van der Waals surface area contributed by atoms with Crippen LogP contribution in [0.5, 0.6) is 0 Å². The molecule has 5 heteroatoms. The molecule has 0 aliphatic heterocycles. The van der Waals surface area contributed by atoms with Crippen molar-refractivity contribution in [2.45, 2.75) is 46.5 Å². The predicted octanol–water partition coefficient (Wildman–Crippen LogP) is 2.25. The van der Waals surface area contributed by atoms with Gasteiger partial charge in [0.25, 0.3) is 5.91 Å². The van der Waals surface area contributed by atoms with E-state index in [1.807, 2.05) is 13.8 Å². The first-order valence-corrected chi connectivity index (χ1v) is 7.81. The number of rotatable bonds is 4. The van der Waals surface area contributed by atoms with Crippen LogP contribution in [0.4, 0.5) is 0 Å². The Morgan fingerprint density at radius 1 is 1.32 bits per heavy atom. The summed E-state index contributed by atoms with van der Waals surface area (Å²) in [5.74, 6) is 0.634.